The van der Waals surface area contributed by atoms with Crippen molar-refractivity contribution in [3.8, 4) is 11.5 Å². The van der Waals surface area contributed by atoms with Gasteiger partial charge in [-0.3, -0.25) is 4.98 Å². The first kappa shape index (κ1) is 16.9. The van der Waals surface area contributed by atoms with E-state index in [1.165, 1.54) is 19.3 Å². The maximum Gasteiger partial charge on any atom is 0.227 e. The molecule has 1 aromatic carbocycles. The Morgan fingerprint density at radius 3 is 3.00 bits per heavy atom. The molecule has 24 heavy (non-hydrogen) atoms. The highest BCUT2D eigenvalue weighted by Crippen LogP contribution is 2.25. The van der Waals surface area contributed by atoms with Gasteiger partial charge in [0.25, 0.3) is 0 Å². The summed E-state index contributed by atoms with van der Waals surface area (Å²) < 4.78 is 5.49. The molecule has 3 aromatic rings. The lowest BCUT2D eigenvalue weighted by Gasteiger charge is -2.09. The van der Waals surface area contributed by atoms with Crippen molar-refractivity contribution in [3.63, 3.8) is 0 Å². The number of halogens is 1. The first-order valence-corrected chi connectivity index (χ1v) is 8.27. The lowest BCUT2D eigenvalue weighted by Crippen LogP contribution is -2.14. The van der Waals surface area contributed by atoms with Crippen molar-refractivity contribution < 1.29 is 4.52 Å². The zero-order valence-corrected chi connectivity index (χ0v) is 14.3. The van der Waals surface area contributed by atoms with E-state index in [-0.39, 0.29) is 12.4 Å². The van der Waals surface area contributed by atoms with Crippen LogP contribution in [0.2, 0.25) is 0 Å². The van der Waals surface area contributed by atoms with E-state index in [1.807, 2.05) is 24.3 Å². The molecule has 1 fully saturated rings. The SMILES string of the molecule is Cl.c1ccc2c(-c3noc(CC4CCCNCC4)n3)nccc2c1. The van der Waals surface area contributed by atoms with E-state index >= 15 is 0 Å². The molecule has 6 heteroatoms. The Kier molecular flexibility index (Phi) is 5.43. The quantitative estimate of drug-likeness (QED) is 0.785. The van der Waals surface area contributed by atoms with Gasteiger partial charge in [-0.2, -0.15) is 4.98 Å². The van der Waals surface area contributed by atoms with Gasteiger partial charge in [0.15, 0.2) is 0 Å². The molecule has 126 valence electrons. The predicted molar refractivity (Wildman–Crippen MR) is 96.2 cm³/mol. The lowest BCUT2D eigenvalue weighted by atomic mass is 9.97. The van der Waals surface area contributed by atoms with Gasteiger partial charge in [0.1, 0.15) is 5.69 Å². The van der Waals surface area contributed by atoms with E-state index < -0.39 is 0 Å². The second kappa shape index (κ2) is 7.73. The van der Waals surface area contributed by atoms with E-state index in [4.69, 9.17) is 4.52 Å². The molecule has 1 aliphatic rings. The monoisotopic (exact) mass is 344 g/mol. The van der Waals surface area contributed by atoms with Crippen LogP contribution in [0.3, 0.4) is 0 Å². The van der Waals surface area contributed by atoms with Crippen molar-refractivity contribution in [2.24, 2.45) is 5.92 Å². The topological polar surface area (TPSA) is 63.8 Å². The first-order chi connectivity index (χ1) is 11.4. The Bertz CT molecular complexity index is 791. The van der Waals surface area contributed by atoms with Gasteiger partial charge in [-0.15, -0.1) is 12.4 Å². The van der Waals surface area contributed by atoms with E-state index in [2.05, 4.69) is 26.5 Å². The molecule has 0 spiro atoms. The third-order valence-corrected chi connectivity index (χ3v) is 4.51. The molecule has 1 unspecified atom stereocenters. The predicted octanol–water partition coefficient (Wildman–Crippen LogP) is 3.64. The van der Waals surface area contributed by atoms with Crippen LogP contribution in [0.4, 0.5) is 0 Å². The molecule has 1 atom stereocenters. The number of benzene rings is 1. The van der Waals surface area contributed by atoms with Gasteiger partial charge in [-0.25, -0.2) is 0 Å². The molecule has 0 saturated carbocycles. The smallest absolute Gasteiger partial charge is 0.227 e. The summed E-state index contributed by atoms with van der Waals surface area (Å²) in [6.07, 6.45) is 6.27. The van der Waals surface area contributed by atoms with Crippen LogP contribution < -0.4 is 5.32 Å². The molecule has 4 rings (SSSR count). The van der Waals surface area contributed by atoms with Crippen LogP contribution in [-0.4, -0.2) is 28.2 Å². The minimum Gasteiger partial charge on any atom is -0.339 e. The minimum atomic E-state index is 0. The van der Waals surface area contributed by atoms with Gasteiger partial charge in [0.2, 0.25) is 11.7 Å². The molecule has 2 aromatic heterocycles. The van der Waals surface area contributed by atoms with Crippen LogP contribution >= 0.6 is 12.4 Å². The third-order valence-electron chi connectivity index (χ3n) is 4.51. The standard InChI is InChI=1S/C18H20N4O.ClH/c1-2-6-15-14(5-1)8-11-20-17(15)18-21-16(23-22-18)12-13-4-3-9-19-10-7-13;/h1-2,5-6,8,11,13,19H,3-4,7,9-10,12H2;1H. The van der Waals surface area contributed by atoms with Crippen LogP contribution in [0.25, 0.3) is 22.3 Å². The van der Waals surface area contributed by atoms with Crippen molar-refractivity contribution in [1.29, 1.82) is 0 Å². The van der Waals surface area contributed by atoms with Gasteiger partial charge in [-0.1, -0.05) is 29.4 Å². The van der Waals surface area contributed by atoms with E-state index in [1.54, 1.807) is 6.20 Å². The average Bonchev–Trinajstić information content (AvgIpc) is 2.90. The molecule has 3 heterocycles. The summed E-state index contributed by atoms with van der Waals surface area (Å²) in [5, 5.41) is 9.79. The molecule has 0 radical (unpaired) electrons. The highest BCUT2D eigenvalue weighted by atomic mass is 35.5. The zero-order valence-electron chi connectivity index (χ0n) is 13.4. The first-order valence-electron chi connectivity index (χ1n) is 8.27. The van der Waals surface area contributed by atoms with Crippen molar-refractivity contribution in [1.82, 2.24) is 20.4 Å². The molecule has 1 aliphatic heterocycles. The maximum atomic E-state index is 5.49. The largest absolute Gasteiger partial charge is 0.339 e. The summed E-state index contributed by atoms with van der Waals surface area (Å²) in [6, 6.07) is 10.1. The second-order valence-corrected chi connectivity index (χ2v) is 6.14. The molecule has 0 bridgehead atoms. The Balaban J connectivity index is 0.00000169. The zero-order chi connectivity index (χ0) is 15.5. The van der Waals surface area contributed by atoms with Crippen molar-refractivity contribution in [3.05, 3.63) is 42.4 Å². The van der Waals surface area contributed by atoms with Gasteiger partial charge < -0.3 is 9.84 Å². The minimum absolute atomic E-state index is 0. The van der Waals surface area contributed by atoms with E-state index in [0.29, 0.717) is 11.7 Å². The molecule has 1 N–H and O–H groups in total. The molecule has 1 saturated heterocycles. The summed E-state index contributed by atoms with van der Waals surface area (Å²) in [7, 11) is 0. The van der Waals surface area contributed by atoms with Crippen molar-refractivity contribution in [2.45, 2.75) is 25.7 Å². The van der Waals surface area contributed by atoms with Crippen LogP contribution in [-0.2, 0) is 6.42 Å². The molecular weight excluding hydrogens is 324 g/mol. The Morgan fingerprint density at radius 1 is 1.12 bits per heavy atom. The summed E-state index contributed by atoms with van der Waals surface area (Å²) >= 11 is 0. The lowest BCUT2D eigenvalue weighted by molar-refractivity contribution is 0.341. The molecule has 0 amide bonds. The Hall–Kier alpha value is -1.98. The van der Waals surface area contributed by atoms with E-state index in [0.717, 1.165) is 41.9 Å². The van der Waals surface area contributed by atoms with Gasteiger partial charge in [-0.05, 0) is 49.7 Å². The molecule has 0 aliphatic carbocycles. The number of hydrogen-bond acceptors (Lipinski definition) is 5. The highest BCUT2D eigenvalue weighted by molar-refractivity contribution is 5.92. The third kappa shape index (κ3) is 3.57. The van der Waals surface area contributed by atoms with Gasteiger partial charge in [0.05, 0.1) is 0 Å². The number of fused-ring (bicyclic) bond motifs is 1. The van der Waals surface area contributed by atoms with Crippen LogP contribution in [0.5, 0.6) is 0 Å². The average molecular weight is 345 g/mol. The van der Waals surface area contributed by atoms with Crippen molar-refractivity contribution in [2.75, 3.05) is 13.1 Å². The Labute approximate surface area is 147 Å². The number of rotatable bonds is 3. The fraction of sp³-hybridized carbons (Fsp3) is 0.389. The number of aromatic nitrogens is 3. The Morgan fingerprint density at radius 2 is 2.04 bits per heavy atom. The highest BCUT2D eigenvalue weighted by Gasteiger charge is 2.18. The summed E-state index contributed by atoms with van der Waals surface area (Å²) in [5.41, 5.74) is 0.792. The second-order valence-electron chi connectivity index (χ2n) is 6.14. The number of pyridine rings is 1. The normalized spacial score (nSPS) is 18.1. The van der Waals surface area contributed by atoms with Crippen LogP contribution in [0.1, 0.15) is 25.2 Å². The summed E-state index contributed by atoms with van der Waals surface area (Å²) in [5.74, 6) is 1.93. The van der Waals surface area contributed by atoms with Crippen LogP contribution in [0.15, 0.2) is 41.1 Å². The fourth-order valence-corrected chi connectivity index (χ4v) is 3.27. The number of nitrogens with zero attached hydrogens (tertiary/aromatic N) is 3. The summed E-state index contributed by atoms with van der Waals surface area (Å²) in [4.78, 5) is 9.05. The molecular formula is C18H21ClN4O. The van der Waals surface area contributed by atoms with E-state index in [9.17, 15) is 0 Å². The number of hydrogen-bond donors (Lipinski definition) is 1. The van der Waals surface area contributed by atoms with Gasteiger partial charge in [0, 0.05) is 18.0 Å². The fourth-order valence-electron chi connectivity index (χ4n) is 3.27. The number of nitrogens with one attached hydrogen (secondary N) is 1. The van der Waals surface area contributed by atoms with Crippen molar-refractivity contribution >= 4 is 23.2 Å². The van der Waals surface area contributed by atoms with Crippen LogP contribution in [0, 0.1) is 5.92 Å². The molecule has 5 nitrogen and oxygen atoms in total. The maximum absolute atomic E-state index is 5.49. The van der Waals surface area contributed by atoms with Gasteiger partial charge >= 0.3 is 0 Å². The summed E-state index contributed by atoms with van der Waals surface area (Å²) in [6.45, 7) is 2.20.